The van der Waals surface area contributed by atoms with Crippen LogP contribution in [0.2, 0.25) is 0 Å². The molecule has 0 bridgehead atoms. The molecule has 0 aliphatic carbocycles. The summed E-state index contributed by atoms with van der Waals surface area (Å²) in [5.41, 5.74) is 7.54. The number of sulfone groups is 1. The van der Waals surface area contributed by atoms with Crippen molar-refractivity contribution in [3.63, 3.8) is 0 Å². The first-order chi connectivity index (χ1) is 9.26. The van der Waals surface area contributed by atoms with Crippen LogP contribution in [0.25, 0.3) is 0 Å². The molecule has 0 aromatic heterocycles. The lowest BCUT2D eigenvalue weighted by atomic mass is 10.1. The van der Waals surface area contributed by atoms with Gasteiger partial charge in [-0.25, -0.2) is 8.42 Å². The van der Waals surface area contributed by atoms with Gasteiger partial charge in [-0.3, -0.25) is 0 Å². The highest BCUT2D eigenvalue weighted by Crippen LogP contribution is 2.30. The van der Waals surface area contributed by atoms with Crippen LogP contribution < -0.4 is 10.6 Å². The largest absolute Gasteiger partial charge is 0.389 e. The molecule has 112 valence electrons. The second-order valence-corrected chi connectivity index (χ2v) is 8.50. The molecule has 0 saturated carbocycles. The highest BCUT2D eigenvalue weighted by molar-refractivity contribution is 7.99. The topological polar surface area (TPSA) is 63.4 Å². The Bertz CT molecular complexity index is 585. The van der Waals surface area contributed by atoms with E-state index < -0.39 is 9.84 Å². The van der Waals surface area contributed by atoms with Crippen LogP contribution in [0.15, 0.2) is 23.1 Å². The predicted octanol–water partition coefficient (Wildman–Crippen LogP) is 1.91. The molecular weight excluding hydrogens is 312 g/mol. The quantitative estimate of drug-likeness (QED) is 0.608. The minimum Gasteiger partial charge on any atom is -0.389 e. The summed E-state index contributed by atoms with van der Waals surface area (Å²) < 4.78 is 22.5. The molecule has 0 spiro atoms. The smallest absolute Gasteiger partial charge is 0.149 e. The Morgan fingerprint density at radius 3 is 2.60 bits per heavy atom. The second-order valence-electron chi connectivity index (χ2n) is 4.50. The van der Waals surface area contributed by atoms with Gasteiger partial charge < -0.3 is 10.6 Å². The van der Waals surface area contributed by atoms with Gasteiger partial charge in [0.15, 0.2) is 0 Å². The molecule has 7 heteroatoms. The molecule has 0 amide bonds. The van der Waals surface area contributed by atoms with Gasteiger partial charge >= 0.3 is 0 Å². The minimum atomic E-state index is -2.99. The maximum absolute atomic E-state index is 11.3. The highest BCUT2D eigenvalue weighted by Gasteiger charge is 2.15. The van der Waals surface area contributed by atoms with Crippen molar-refractivity contribution in [2.45, 2.75) is 11.8 Å². The van der Waals surface area contributed by atoms with E-state index in [-0.39, 0.29) is 5.75 Å². The van der Waals surface area contributed by atoms with Crippen LogP contribution in [-0.2, 0) is 9.84 Å². The molecule has 20 heavy (non-hydrogen) atoms. The van der Waals surface area contributed by atoms with Crippen molar-refractivity contribution in [3.8, 4) is 0 Å². The van der Waals surface area contributed by atoms with Crippen LogP contribution in [0.4, 0.5) is 5.69 Å². The van der Waals surface area contributed by atoms with E-state index in [2.05, 4.69) is 6.92 Å². The first-order valence-electron chi connectivity index (χ1n) is 6.20. The Morgan fingerprint density at radius 1 is 1.45 bits per heavy atom. The van der Waals surface area contributed by atoms with E-state index in [0.29, 0.717) is 11.5 Å². The van der Waals surface area contributed by atoms with E-state index >= 15 is 0 Å². The predicted molar refractivity (Wildman–Crippen MR) is 91.7 cm³/mol. The van der Waals surface area contributed by atoms with Gasteiger partial charge in [-0.05, 0) is 17.9 Å². The zero-order valence-corrected chi connectivity index (χ0v) is 14.4. The van der Waals surface area contributed by atoms with Gasteiger partial charge in [0.05, 0.1) is 5.75 Å². The van der Waals surface area contributed by atoms with Gasteiger partial charge in [0.2, 0.25) is 0 Å². The normalized spacial score (nSPS) is 11.3. The fourth-order valence-corrected chi connectivity index (χ4v) is 3.51. The van der Waals surface area contributed by atoms with E-state index in [1.165, 1.54) is 6.26 Å². The molecule has 0 aliphatic heterocycles. The number of nitrogens with zero attached hydrogens (tertiary/aromatic N) is 1. The Kier molecular flexibility index (Phi) is 6.29. The lowest BCUT2D eigenvalue weighted by Crippen LogP contribution is -2.27. The summed E-state index contributed by atoms with van der Waals surface area (Å²) in [4.78, 5) is 3.25. The molecule has 1 aromatic carbocycles. The van der Waals surface area contributed by atoms with E-state index in [1.54, 1.807) is 11.8 Å². The summed E-state index contributed by atoms with van der Waals surface area (Å²) in [6.07, 6.45) is 1.23. The average molecular weight is 333 g/mol. The SMILES string of the molecule is CCSc1cccc(N(C)CCS(C)(=O)=O)c1C(N)=S. The molecule has 0 unspecified atom stereocenters. The van der Waals surface area contributed by atoms with E-state index in [0.717, 1.165) is 21.9 Å². The minimum absolute atomic E-state index is 0.103. The molecule has 0 radical (unpaired) electrons. The van der Waals surface area contributed by atoms with Gasteiger partial charge in [0, 0.05) is 36.0 Å². The highest BCUT2D eigenvalue weighted by atomic mass is 32.2. The van der Waals surface area contributed by atoms with Crippen LogP contribution in [0.1, 0.15) is 12.5 Å². The van der Waals surface area contributed by atoms with E-state index in [4.69, 9.17) is 18.0 Å². The summed E-state index contributed by atoms with van der Waals surface area (Å²) in [5, 5.41) is 0. The standard InChI is InChI=1S/C13H20N2O2S3/c1-4-19-11-7-5-6-10(12(11)13(14)18)15(2)8-9-20(3,16)17/h5-7H,4,8-9H2,1-3H3,(H2,14,18). The van der Waals surface area contributed by atoms with Crippen molar-refractivity contribution in [1.82, 2.24) is 0 Å². The fourth-order valence-electron chi connectivity index (χ4n) is 1.78. The molecule has 1 rings (SSSR count). The summed E-state index contributed by atoms with van der Waals surface area (Å²) in [7, 11) is -1.14. The third-order valence-electron chi connectivity index (χ3n) is 2.76. The Labute approximate surface area is 130 Å². The van der Waals surface area contributed by atoms with Crippen molar-refractivity contribution in [3.05, 3.63) is 23.8 Å². The number of hydrogen-bond acceptors (Lipinski definition) is 5. The van der Waals surface area contributed by atoms with E-state index in [9.17, 15) is 8.42 Å². The summed E-state index contributed by atoms with van der Waals surface area (Å²) in [6, 6.07) is 5.83. The Morgan fingerprint density at radius 2 is 2.10 bits per heavy atom. The number of nitrogens with two attached hydrogens (primary N) is 1. The molecule has 4 nitrogen and oxygen atoms in total. The van der Waals surface area contributed by atoms with E-state index in [1.807, 2.05) is 30.1 Å². The molecule has 0 heterocycles. The molecule has 0 saturated heterocycles. The van der Waals surface area contributed by atoms with Crippen LogP contribution in [0.5, 0.6) is 0 Å². The van der Waals surface area contributed by atoms with Gasteiger partial charge in [-0.15, -0.1) is 11.8 Å². The molecule has 0 atom stereocenters. The van der Waals surface area contributed by atoms with Gasteiger partial charge in [-0.2, -0.15) is 0 Å². The molecule has 2 N–H and O–H groups in total. The summed E-state index contributed by atoms with van der Waals surface area (Å²) in [5.74, 6) is 1.03. The molecule has 0 fully saturated rings. The number of thioether (sulfide) groups is 1. The second kappa shape index (κ2) is 7.28. The van der Waals surface area contributed by atoms with Crippen LogP contribution in [0.3, 0.4) is 0 Å². The van der Waals surface area contributed by atoms with Crippen molar-refractivity contribution in [1.29, 1.82) is 0 Å². The molecular formula is C13H20N2O2S3. The van der Waals surface area contributed by atoms with Crippen LogP contribution in [0, 0.1) is 0 Å². The summed E-state index contributed by atoms with van der Waals surface area (Å²) >= 11 is 6.82. The number of rotatable bonds is 7. The zero-order valence-electron chi connectivity index (χ0n) is 11.9. The Hall–Kier alpha value is -0.790. The maximum atomic E-state index is 11.3. The van der Waals surface area contributed by atoms with Crippen LogP contribution >= 0.6 is 24.0 Å². The Balaban J connectivity index is 3.10. The monoisotopic (exact) mass is 332 g/mol. The number of thiocarbonyl (C=S) groups is 1. The molecule has 1 aromatic rings. The first kappa shape index (κ1) is 17.3. The van der Waals surface area contributed by atoms with Crippen molar-refractivity contribution >= 4 is 44.5 Å². The lowest BCUT2D eigenvalue weighted by molar-refractivity contribution is 0.601. The van der Waals surface area contributed by atoms with Crippen molar-refractivity contribution < 1.29 is 8.42 Å². The average Bonchev–Trinajstić information content (AvgIpc) is 2.35. The number of benzene rings is 1. The lowest BCUT2D eigenvalue weighted by Gasteiger charge is -2.23. The first-order valence-corrected chi connectivity index (χ1v) is 9.66. The maximum Gasteiger partial charge on any atom is 0.149 e. The third kappa shape index (κ3) is 4.96. The zero-order chi connectivity index (χ0) is 15.3. The third-order valence-corrected chi connectivity index (χ3v) is 4.83. The number of anilines is 1. The summed E-state index contributed by atoms with van der Waals surface area (Å²) in [6.45, 7) is 2.47. The van der Waals surface area contributed by atoms with Crippen molar-refractivity contribution in [2.75, 3.05) is 36.3 Å². The fraction of sp³-hybridized carbons (Fsp3) is 0.462. The molecule has 0 aliphatic rings. The van der Waals surface area contributed by atoms with Gasteiger partial charge in [0.1, 0.15) is 14.8 Å². The van der Waals surface area contributed by atoms with Crippen molar-refractivity contribution in [2.24, 2.45) is 5.73 Å². The van der Waals surface area contributed by atoms with Crippen LogP contribution in [-0.4, -0.2) is 44.8 Å². The van der Waals surface area contributed by atoms with Gasteiger partial charge in [-0.1, -0.05) is 25.2 Å². The number of hydrogen-bond donors (Lipinski definition) is 1. The van der Waals surface area contributed by atoms with Gasteiger partial charge in [0.25, 0.3) is 0 Å².